The number of nitrogens with zero attached hydrogens (tertiary/aromatic N) is 2. The minimum Gasteiger partial charge on any atom is -0.505 e. The zero-order valence-corrected chi connectivity index (χ0v) is 22.7. The Morgan fingerprint density at radius 2 is 1.56 bits per heavy atom. The van der Waals surface area contributed by atoms with Gasteiger partial charge in [0.25, 0.3) is 10.1 Å². The van der Waals surface area contributed by atoms with Crippen molar-refractivity contribution in [3.8, 4) is 5.75 Å². The number of aliphatic carboxylic acids is 1. The van der Waals surface area contributed by atoms with Gasteiger partial charge in [0.15, 0.2) is 15.6 Å². The molecule has 0 aliphatic rings. The molecule has 3 aromatic rings. The van der Waals surface area contributed by atoms with E-state index in [2.05, 4.69) is 19.7 Å². The first-order chi connectivity index (χ1) is 19.0. The van der Waals surface area contributed by atoms with Crippen LogP contribution >= 0.6 is 0 Å². The molecule has 3 rings (SSSR count). The predicted molar refractivity (Wildman–Crippen MR) is 141 cm³/mol. The van der Waals surface area contributed by atoms with Crippen molar-refractivity contribution in [3.63, 3.8) is 0 Å². The first-order valence-corrected chi connectivity index (χ1v) is 15.3. The van der Waals surface area contributed by atoms with Gasteiger partial charge in [0.1, 0.15) is 10.6 Å². The number of hydrogen-bond donors (Lipinski definition) is 5. The number of phenols is 1. The number of azo groups is 1. The summed E-state index contributed by atoms with van der Waals surface area (Å²) in [5.41, 5.74) is -0.557. The van der Waals surface area contributed by atoms with Crippen molar-refractivity contribution in [2.75, 3.05) is 17.7 Å². The van der Waals surface area contributed by atoms with E-state index in [1.165, 1.54) is 30.3 Å². The van der Waals surface area contributed by atoms with E-state index in [1.54, 1.807) is 0 Å². The highest BCUT2D eigenvalue weighted by Crippen LogP contribution is 2.42. The Morgan fingerprint density at radius 3 is 2.15 bits per heavy atom. The predicted octanol–water partition coefficient (Wildman–Crippen LogP) is 2.38. The van der Waals surface area contributed by atoms with Gasteiger partial charge in [-0.1, -0.05) is 0 Å². The standard InChI is InChI=1S/C22H19N3O13S3/c26-19(7-8-20(27)28)23-15-3-6-17-13(11-15)12-18(40(32,33)34)21(22(17)29)25-24-14-1-4-16(5-2-14)39(30,31)10-9-38-41(35,36)37/h1-8,11-12,29H,9-10H2,(H,23,26)(H,27,28)(H,32,33,34)(H,35,36,37)/b8-7+,25-24+. The lowest BCUT2D eigenvalue weighted by Gasteiger charge is -2.10. The van der Waals surface area contributed by atoms with Gasteiger partial charge in [0, 0.05) is 23.2 Å². The highest BCUT2D eigenvalue weighted by atomic mass is 32.3. The van der Waals surface area contributed by atoms with E-state index in [9.17, 15) is 44.5 Å². The molecule has 19 heteroatoms. The van der Waals surface area contributed by atoms with Crippen molar-refractivity contribution in [1.29, 1.82) is 0 Å². The molecule has 0 aliphatic heterocycles. The summed E-state index contributed by atoms with van der Waals surface area (Å²) >= 11 is 0. The molecule has 0 spiro atoms. The highest BCUT2D eigenvalue weighted by Gasteiger charge is 2.22. The Bertz CT molecular complexity index is 1900. The molecule has 1 amide bonds. The van der Waals surface area contributed by atoms with Crippen molar-refractivity contribution in [2.45, 2.75) is 9.79 Å². The molecule has 0 fully saturated rings. The maximum Gasteiger partial charge on any atom is 0.397 e. The van der Waals surface area contributed by atoms with Crippen LogP contribution in [0.1, 0.15) is 0 Å². The molecule has 0 aromatic heterocycles. The largest absolute Gasteiger partial charge is 0.505 e. The minimum absolute atomic E-state index is 0.00797. The second kappa shape index (κ2) is 12.1. The Labute approximate surface area is 232 Å². The summed E-state index contributed by atoms with van der Waals surface area (Å²) in [5, 5.41) is 29.3. The van der Waals surface area contributed by atoms with Gasteiger partial charge in [0.05, 0.1) is 22.9 Å². The summed E-state index contributed by atoms with van der Waals surface area (Å²) in [6, 6.07) is 9.31. The molecule has 16 nitrogen and oxygen atoms in total. The Balaban J connectivity index is 1.92. The molecule has 0 saturated carbocycles. The van der Waals surface area contributed by atoms with E-state index >= 15 is 0 Å². The number of hydrogen-bond acceptors (Lipinski definition) is 12. The van der Waals surface area contributed by atoms with Gasteiger partial charge in [0.2, 0.25) is 5.91 Å². The number of rotatable bonds is 11. The summed E-state index contributed by atoms with van der Waals surface area (Å²) in [7, 11) is -13.8. The molecule has 218 valence electrons. The van der Waals surface area contributed by atoms with E-state index in [0.717, 1.165) is 24.3 Å². The number of amides is 1. The van der Waals surface area contributed by atoms with E-state index < -0.39 is 70.9 Å². The van der Waals surface area contributed by atoms with Crippen LogP contribution < -0.4 is 5.32 Å². The van der Waals surface area contributed by atoms with E-state index in [1.807, 2.05) is 0 Å². The van der Waals surface area contributed by atoms with Crippen LogP contribution in [0, 0.1) is 0 Å². The van der Waals surface area contributed by atoms with Crippen molar-refractivity contribution in [2.24, 2.45) is 10.2 Å². The fraction of sp³-hybridized carbons (Fsp3) is 0.0909. The van der Waals surface area contributed by atoms with Crippen molar-refractivity contribution >= 4 is 70.1 Å². The van der Waals surface area contributed by atoms with Crippen molar-refractivity contribution in [1.82, 2.24) is 0 Å². The van der Waals surface area contributed by atoms with Crippen LogP contribution in [-0.2, 0) is 44.1 Å². The fourth-order valence-corrected chi connectivity index (χ4v) is 5.39. The van der Waals surface area contributed by atoms with Crippen LogP contribution in [0.2, 0.25) is 0 Å². The zero-order chi connectivity index (χ0) is 30.6. The number of nitrogens with one attached hydrogen (secondary N) is 1. The zero-order valence-electron chi connectivity index (χ0n) is 20.3. The lowest BCUT2D eigenvalue weighted by Crippen LogP contribution is -2.15. The Morgan fingerprint density at radius 1 is 0.902 bits per heavy atom. The second-order valence-electron chi connectivity index (χ2n) is 7.91. The van der Waals surface area contributed by atoms with Crippen LogP contribution in [0.3, 0.4) is 0 Å². The molecule has 5 N–H and O–H groups in total. The Hall–Kier alpha value is -4.27. The number of fused-ring (bicyclic) bond motifs is 1. The van der Waals surface area contributed by atoms with Gasteiger partial charge in [-0.2, -0.15) is 21.9 Å². The number of carboxylic acid groups (broad SMARTS) is 1. The first kappa shape index (κ1) is 31.3. The number of aromatic hydroxyl groups is 1. The maximum atomic E-state index is 12.3. The molecule has 0 heterocycles. The van der Waals surface area contributed by atoms with Gasteiger partial charge in [-0.3, -0.25) is 13.9 Å². The normalized spacial score (nSPS) is 12.7. The molecule has 3 aromatic carbocycles. The topological polar surface area (TPSA) is 263 Å². The van der Waals surface area contributed by atoms with Crippen LogP contribution in [0.5, 0.6) is 5.75 Å². The molecule has 0 aliphatic carbocycles. The van der Waals surface area contributed by atoms with Gasteiger partial charge < -0.3 is 15.5 Å². The lowest BCUT2D eigenvalue weighted by molar-refractivity contribution is -0.131. The Kier molecular flexibility index (Phi) is 9.21. The van der Waals surface area contributed by atoms with E-state index in [-0.39, 0.29) is 27.0 Å². The summed E-state index contributed by atoms with van der Waals surface area (Å²) in [5.74, 6) is -3.64. The monoisotopic (exact) mass is 629 g/mol. The van der Waals surface area contributed by atoms with Gasteiger partial charge >= 0.3 is 16.4 Å². The quantitative estimate of drug-likeness (QED) is 0.116. The van der Waals surface area contributed by atoms with Crippen LogP contribution in [-0.4, -0.2) is 68.8 Å². The number of carboxylic acids is 1. The molecular formula is C22H19N3O13S3. The minimum atomic E-state index is -4.98. The van der Waals surface area contributed by atoms with Gasteiger partial charge in [-0.05, 0) is 53.9 Å². The fourth-order valence-electron chi connectivity index (χ4n) is 3.25. The smallest absolute Gasteiger partial charge is 0.397 e. The summed E-state index contributed by atoms with van der Waals surface area (Å²) in [4.78, 5) is 21.3. The molecule has 0 saturated heterocycles. The average molecular weight is 630 g/mol. The average Bonchev–Trinajstić information content (AvgIpc) is 2.85. The number of benzene rings is 3. The number of sulfone groups is 1. The van der Waals surface area contributed by atoms with Crippen molar-refractivity contribution < 1.29 is 58.3 Å². The summed E-state index contributed by atoms with van der Waals surface area (Å²) in [6.45, 7) is -0.835. The van der Waals surface area contributed by atoms with E-state index in [0.29, 0.717) is 6.08 Å². The van der Waals surface area contributed by atoms with Crippen LogP contribution in [0.25, 0.3) is 10.8 Å². The number of carbonyl (C=O) groups is 2. The number of phenolic OH excluding ortho intramolecular Hbond substituents is 1. The summed E-state index contributed by atoms with van der Waals surface area (Å²) in [6.07, 6.45) is 1.35. The third-order valence-corrected chi connectivity index (χ3v) is 8.05. The van der Waals surface area contributed by atoms with Gasteiger partial charge in [-0.25, -0.2) is 17.4 Å². The third-order valence-electron chi connectivity index (χ3n) is 5.02. The molecule has 0 bridgehead atoms. The second-order valence-corrected chi connectivity index (χ2v) is 12.5. The number of carbonyl (C=O) groups excluding carboxylic acids is 1. The molecule has 0 atom stereocenters. The third kappa shape index (κ3) is 8.61. The lowest BCUT2D eigenvalue weighted by atomic mass is 10.1. The molecule has 0 unspecified atom stereocenters. The molecular weight excluding hydrogens is 610 g/mol. The summed E-state index contributed by atoms with van der Waals surface area (Å²) < 4.78 is 92.1. The van der Waals surface area contributed by atoms with Crippen molar-refractivity contribution in [3.05, 3.63) is 60.7 Å². The first-order valence-electron chi connectivity index (χ1n) is 10.8. The van der Waals surface area contributed by atoms with Gasteiger partial charge in [-0.15, -0.1) is 5.11 Å². The highest BCUT2D eigenvalue weighted by molar-refractivity contribution is 7.91. The SMILES string of the molecule is O=C(O)/C=C/C(=O)Nc1ccc2c(O)c(/N=N/c3ccc(S(=O)(=O)CCOS(=O)(=O)O)cc3)c(S(=O)(=O)O)cc2c1. The molecule has 41 heavy (non-hydrogen) atoms. The number of anilines is 1. The van der Waals surface area contributed by atoms with Crippen LogP contribution in [0.15, 0.2) is 80.7 Å². The maximum absolute atomic E-state index is 12.3. The van der Waals surface area contributed by atoms with E-state index in [4.69, 9.17) is 9.66 Å². The molecule has 0 radical (unpaired) electrons. The van der Waals surface area contributed by atoms with Crippen LogP contribution in [0.4, 0.5) is 17.1 Å².